The maximum absolute atomic E-state index is 12.4. The van der Waals surface area contributed by atoms with Gasteiger partial charge in [0.1, 0.15) is 12.1 Å². The molecule has 128 valence electrons. The molecule has 2 fully saturated rings. The predicted molar refractivity (Wildman–Crippen MR) is 84.0 cm³/mol. The van der Waals surface area contributed by atoms with Gasteiger partial charge in [-0.05, 0) is 18.4 Å². The van der Waals surface area contributed by atoms with Crippen molar-refractivity contribution in [2.45, 2.75) is 37.5 Å². The molecule has 1 aromatic rings. The van der Waals surface area contributed by atoms with Gasteiger partial charge in [-0.15, -0.1) is 0 Å². The number of benzene rings is 1. The molecule has 2 aliphatic heterocycles. The van der Waals surface area contributed by atoms with E-state index in [-0.39, 0.29) is 31.5 Å². The van der Waals surface area contributed by atoms with Gasteiger partial charge >= 0.3 is 5.97 Å². The monoisotopic (exact) mass is 332 g/mol. The molecule has 24 heavy (non-hydrogen) atoms. The molecule has 2 heterocycles. The topological polar surface area (TPSA) is 98.1 Å². The zero-order valence-electron chi connectivity index (χ0n) is 13.2. The molecule has 3 rings (SSSR count). The van der Waals surface area contributed by atoms with Crippen molar-refractivity contribution in [3.8, 4) is 0 Å². The summed E-state index contributed by atoms with van der Waals surface area (Å²) in [6.45, 7) is 0.102. The highest BCUT2D eigenvalue weighted by atomic mass is 16.4. The van der Waals surface area contributed by atoms with Crippen LogP contribution in [-0.2, 0) is 20.8 Å². The summed E-state index contributed by atoms with van der Waals surface area (Å²) in [5, 5.41) is 19.4. The number of aliphatic carboxylic acids is 1. The number of carbonyl (C=O) groups excluding carboxylic acids is 2. The molecule has 7 nitrogen and oxygen atoms in total. The van der Waals surface area contributed by atoms with Gasteiger partial charge in [0.2, 0.25) is 5.91 Å². The first kappa shape index (κ1) is 16.4. The molecule has 1 aromatic carbocycles. The normalized spacial score (nSPS) is 24.6. The van der Waals surface area contributed by atoms with Gasteiger partial charge in [0.15, 0.2) is 0 Å². The lowest BCUT2D eigenvalue weighted by Crippen LogP contribution is -2.60. The second-order valence-electron chi connectivity index (χ2n) is 6.31. The van der Waals surface area contributed by atoms with Crippen molar-refractivity contribution in [1.82, 2.24) is 9.80 Å². The number of rotatable bonds is 4. The van der Waals surface area contributed by atoms with Crippen LogP contribution in [0.15, 0.2) is 30.3 Å². The summed E-state index contributed by atoms with van der Waals surface area (Å²) in [5.74, 6) is -1.85. The molecule has 0 aromatic heterocycles. The Labute approximate surface area is 139 Å². The quantitative estimate of drug-likeness (QED) is 0.801. The Morgan fingerprint density at radius 3 is 2.58 bits per heavy atom. The van der Waals surface area contributed by atoms with Gasteiger partial charge in [-0.3, -0.25) is 9.59 Å². The minimum Gasteiger partial charge on any atom is -0.480 e. The van der Waals surface area contributed by atoms with Crippen molar-refractivity contribution in [2.75, 3.05) is 13.1 Å². The number of fused-ring (bicyclic) bond motifs is 1. The summed E-state index contributed by atoms with van der Waals surface area (Å²) >= 11 is 0. The fourth-order valence-electron chi connectivity index (χ4n) is 3.55. The number of piperazine rings is 1. The van der Waals surface area contributed by atoms with Gasteiger partial charge in [0, 0.05) is 13.0 Å². The molecule has 0 saturated carbocycles. The van der Waals surface area contributed by atoms with Crippen LogP contribution in [0.5, 0.6) is 0 Å². The first-order valence-electron chi connectivity index (χ1n) is 8.02. The maximum atomic E-state index is 12.4. The number of carboxylic acid groups (broad SMARTS) is 1. The molecule has 7 heteroatoms. The summed E-state index contributed by atoms with van der Waals surface area (Å²) in [6.07, 6.45) is -0.0543. The minimum absolute atomic E-state index is 0.176. The van der Waals surface area contributed by atoms with E-state index in [0.717, 1.165) is 5.56 Å². The summed E-state index contributed by atoms with van der Waals surface area (Å²) in [5.41, 5.74) is 0.843. The Balaban J connectivity index is 1.65. The number of amides is 2. The maximum Gasteiger partial charge on any atom is 0.326 e. The van der Waals surface area contributed by atoms with E-state index in [2.05, 4.69) is 0 Å². The van der Waals surface area contributed by atoms with Crippen LogP contribution in [0, 0.1) is 0 Å². The first-order valence-corrected chi connectivity index (χ1v) is 8.02. The number of hydrogen-bond acceptors (Lipinski definition) is 4. The smallest absolute Gasteiger partial charge is 0.326 e. The summed E-state index contributed by atoms with van der Waals surface area (Å²) in [4.78, 5) is 38.7. The third-order valence-corrected chi connectivity index (χ3v) is 4.70. The summed E-state index contributed by atoms with van der Waals surface area (Å²) in [6, 6.07) is 8.10. The van der Waals surface area contributed by atoms with Crippen LogP contribution in [0.4, 0.5) is 0 Å². The van der Waals surface area contributed by atoms with E-state index < -0.39 is 24.0 Å². The lowest BCUT2D eigenvalue weighted by Gasteiger charge is -2.39. The molecule has 3 atom stereocenters. The number of nitrogens with zero attached hydrogens (tertiary/aromatic N) is 2. The lowest BCUT2D eigenvalue weighted by molar-refractivity contribution is -0.158. The Morgan fingerprint density at radius 2 is 1.92 bits per heavy atom. The molecule has 0 spiro atoms. The third kappa shape index (κ3) is 3.12. The summed E-state index contributed by atoms with van der Waals surface area (Å²) < 4.78 is 0. The molecular weight excluding hydrogens is 312 g/mol. The van der Waals surface area contributed by atoms with E-state index in [9.17, 15) is 24.6 Å². The van der Waals surface area contributed by atoms with Gasteiger partial charge in [-0.25, -0.2) is 4.79 Å². The highest BCUT2D eigenvalue weighted by molar-refractivity contribution is 5.91. The number of aliphatic hydroxyl groups is 1. The van der Waals surface area contributed by atoms with E-state index >= 15 is 0 Å². The van der Waals surface area contributed by atoms with Crippen LogP contribution >= 0.6 is 0 Å². The van der Waals surface area contributed by atoms with Crippen LogP contribution in [0.2, 0.25) is 0 Å². The van der Waals surface area contributed by atoms with Crippen LogP contribution in [-0.4, -0.2) is 69.1 Å². The largest absolute Gasteiger partial charge is 0.480 e. The van der Waals surface area contributed by atoms with Crippen LogP contribution < -0.4 is 0 Å². The lowest BCUT2D eigenvalue weighted by atomic mass is 10.1. The molecule has 2 N–H and O–H groups in total. The van der Waals surface area contributed by atoms with Crippen molar-refractivity contribution in [3.05, 3.63) is 35.9 Å². The number of carboxylic acids is 1. The second kappa shape index (κ2) is 6.60. The Hall–Kier alpha value is -2.41. The highest BCUT2D eigenvalue weighted by Crippen LogP contribution is 2.28. The predicted octanol–water partition coefficient (Wildman–Crippen LogP) is -0.124. The van der Waals surface area contributed by atoms with Gasteiger partial charge in [-0.1, -0.05) is 30.3 Å². The highest BCUT2D eigenvalue weighted by Gasteiger charge is 2.46. The van der Waals surface area contributed by atoms with Gasteiger partial charge in [0.05, 0.1) is 12.6 Å². The third-order valence-electron chi connectivity index (χ3n) is 4.70. The SMILES string of the molecule is O=C(O)C1CCC2CN(C(=O)C(O)Cc3ccccc3)CC(=O)N21. The Morgan fingerprint density at radius 1 is 1.21 bits per heavy atom. The number of carbonyl (C=O) groups is 3. The average Bonchev–Trinajstić information content (AvgIpc) is 3.00. The first-order chi connectivity index (χ1) is 11.5. The Kier molecular flexibility index (Phi) is 4.53. The molecule has 0 bridgehead atoms. The van der Waals surface area contributed by atoms with Crippen molar-refractivity contribution in [1.29, 1.82) is 0 Å². The van der Waals surface area contributed by atoms with Crippen LogP contribution in [0.25, 0.3) is 0 Å². The molecule has 2 amide bonds. The molecule has 0 radical (unpaired) electrons. The van der Waals surface area contributed by atoms with Crippen molar-refractivity contribution < 1.29 is 24.6 Å². The fraction of sp³-hybridized carbons (Fsp3) is 0.471. The number of aliphatic hydroxyl groups excluding tert-OH is 1. The zero-order valence-corrected chi connectivity index (χ0v) is 13.2. The van der Waals surface area contributed by atoms with Gasteiger partial charge in [-0.2, -0.15) is 0 Å². The molecule has 2 saturated heterocycles. The number of hydrogen-bond donors (Lipinski definition) is 2. The van der Waals surface area contributed by atoms with Gasteiger partial charge in [0.25, 0.3) is 5.91 Å². The van der Waals surface area contributed by atoms with E-state index in [1.165, 1.54) is 9.80 Å². The van der Waals surface area contributed by atoms with Gasteiger partial charge < -0.3 is 20.0 Å². The average molecular weight is 332 g/mol. The minimum atomic E-state index is -1.21. The fourth-order valence-corrected chi connectivity index (χ4v) is 3.55. The molecule has 0 aliphatic carbocycles. The zero-order chi connectivity index (χ0) is 17.3. The van der Waals surface area contributed by atoms with E-state index in [1.807, 2.05) is 30.3 Å². The second-order valence-corrected chi connectivity index (χ2v) is 6.31. The summed E-state index contributed by atoms with van der Waals surface area (Å²) in [7, 11) is 0. The standard InChI is InChI=1S/C17H20N2O5/c20-14(8-11-4-2-1-3-5-11)16(22)18-9-12-6-7-13(17(23)24)19(12)15(21)10-18/h1-5,12-14,20H,6-10H2,(H,23,24). The van der Waals surface area contributed by atoms with Crippen molar-refractivity contribution in [2.24, 2.45) is 0 Å². The van der Waals surface area contributed by atoms with Crippen LogP contribution in [0.3, 0.4) is 0 Å². The molecule has 2 aliphatic rings. The van der Waals surface area contributed by atoms with Crippen molar-refractivity contribution >= 4 is 17.8 Å². The Bertz CT molecular complexity index is 648. The van der Waals surface area contributed by atoms with E-state index in [4.69, 9.17) is 0 Å². The van der Waals surface area contributed by atoms with E-state index in [0.29, 0.717) is 12.8 Å². The van der Waals surface area contributed by atoms with Crippen LogP contribution in [0.1, 0.15) is 18.4 Å². The van der Waals surface area contributed by atoms with Crippen molar-refractivity contribution in [3.63, 3.8) is 0 Å². The molecule has 3 unspecified atom stereocenters. The molecular formula is C17H20N2O5. The van der Waals surface area contributed by atoms with E-state index in [1.54, 1.807) is 0 Å².